The van der Waals surface area contributed by atoms with Gasteiger partial charge in [0, 0.05) is 24.8 Å². The Morgan fingerprint density at radius 1 is 1.40 bits per heavy atom. The van der Waals surface area contributed by atoms with E-state index in [4.69, 9.17) is 5.73 Å². The summed E-state index contributed by atoms with van der Waals surface area (Å²) in [5.41, 5.74) is 8.33. The molecule has 1 aliphatic rings. The Morgan fingerprint density at radius 2 is 2.15 bits per heavy atom. The summed E-state index contributed by atoms with van der Waals surface area (Å²) in [6.45, 7) is 6.93. The first-order chi connectivity index (χ1) is 9.52. The van der Waals surface area contributed by atoms with Crippen LogP contribution >= 0.6 is 0 Å². The van der Waals surface area contributed by atoms with Crippen LogP contribution in [0.3, 0.4) is 0 Å². The summed E-state index contributed by atoms with van der Waals surface area (Å²) in [5, 5.41) is 0. The van der Waals surface area contributed by atoms with E-state index in [2.05, 4.69) is 18.9 Å². The normalized spacial score (nSPS) is 20.8. The van der Waals surface area contributed by atoms with Gasteiger partial charge in [0.05, 0.1) is 5.56 Å². The van der Waals surface area contributed by atoms with Crippen LogP contribution < -0.4 is 5.73 Å². The van der Waals surface area contributed by atoms with Crippen LogP contribution in [0.25, 0.3) is 0 Å². The second-order valence-corrected chi connectivity index (χ2v) is 5.77. The maximum Gasteiger partial charge on any atom is 0.256 e. The van der Waals surface area contributed by atoms with Gasteiger partial charge < -0.3 is 15.5 Å². The summed E-state index contributed by atoms with van der Waals surface area (Å²) >= 11 is 0. The number of carbonyl (C=O) groups is 1. The number of anilines is 1. The minimum atomic E-state index is 0.0738. The minimum absolute atomic E-state index is 0.0738. The largest absolute Gasteiger partial charge is 0.398 e. The number of aryl methyl sites for hydroxylation is 1. The van der Waals surface area contributed by atoms with E-state index in [1.807, 2.05) is 30.0 Å². The van der Waals surface area contributed by atoms with Gasteiger partial charge in [-0.3, -0.25) is 4.79 Å². The van der Waals surface area contributed by atoms with Crippen LogP contribution in [0.4, 0.5) is 5.69 Å². The van der Waals surface area contributed by atoms with Gasteiger partial charge in [0.25, 0.3) is 5.91 Å². The van der Waals surface area contributed by atoms with Gasteiger partial charge in [0.2, 0.25) is 0 Å². The molecule has 4 nitrogen and oxygen atoms in total. The highest BCUT2D eigenvalue weighted by Crippen LogP contribution is 2.20. The minimum Gasteiger partial charge on any atom is -0.398 e. The van der Waals surface area contributed by atoms with E-state index < -0.39 is 0 Å². The van der Waals surface area contributed by atoms with E-state index >= 15 is 0 Å². The Bertz CT molecular complexity index is 487. The van der Waals surface area contributed by atoms with Gasteiger partial charge in [-0.2, -0.15) is 0 Å². The van der Waals surface area contributed by atoms with Crippen molar-refractivity contribution in [2.75, 3.05) is 32.4 Å². The second kappa shape index (κ2) is 6.27. The summed E-state index contributed by atoms with van der Waals surface area (Å²) in [7, 11) is 2.12. The predicted molar refractivity (Wildman–Crippen MR) is 82.8 cm³/mol. The third-order valence-corrected chi connectivity index (χ3v) is 4.07. The molecule has 0 aromatic heterocycles. The lowest BCUT2D eigenvalue weighted by molar-refractivity contribution is 0.0677. The number of rotatable bonds is 2. The summed E-state index contributed by atoms with van der Waals surface area (Å²) in [4.78, 5) is 17.1. The molecule has 0 radical (unpaired) electrons. The van der Waals surface area contributed by atoms with Crippen LogP contribution in [0.5, 0.6) is 0 Å². The zero-order valence-electron chi connectivity index (χ0n) is 12.7. The molecule has 4 heteroatoms. The fourth-order valence-corrected chi connectivity index (χ4v) is 2.89. The van der Waals surface area contributed by atoms with Crippen molar-refractivity contribution in [3.05, 3.63) is 29.3 Å². The summed E-state index contributed by atoms with van der Waals surface area (Å²) in [5.74, 6) is 0.0738. The fourth-order valence-electron chi connectivity index (χ4n) is 2.89. The van der Waals surface area contributed by atoms with Gasteiger partial charge in [-0.15, -0.1) is 0 Å². The first-order valence-corrected chi connectivity index (χ1v) is 7.38. The number of amides is 1. The van der Waals surface area contributed by atoms with Gasteiger partial charge in [-0.25, -0.2) is 0 Å². The Hall–Kier alpha value is -1.55. The number of nitrogens with zero attached hydrogens (tertiary/aromatic N) is 2. The Balaban J connectivity index is 2.25. The lowest BCUT2D eigenvalue weighted by Gasteiger charge is -2.30. The van der Waals surface area contributed by atoms with Crippen molar-refractivity contribution in [1.82, 2.24) is 9.80 Å². The van der Waals surface area contributed by atoms with Crippen LogP contribution in [0.2, 0.25) is 0 Å². The number of carbonyl (C=O) groups excluding carboxylic acids is 1. The summed E-state index contributed by atoms with van der Waals surface area (Å²) in [6.07, 6.45) is 1.99. The van der Waals surface area contributed by atoms with Gasteiger partial charge in [0.1, 0.15) is 0 Å². The molecule has 0 saturated carbocycles. The van der Waals surface area contributed by atoms with E-state index in [9.17, 15) is 4.79 Å². The van der Waals surface area contributed by atoms with Crippen molar-refractivity contribution < 1.29 is 4.79 Å². The number of hydrogen-bond acceptors (Lipinski definition) is 3. The number of likely N-dealkylation sites (N-methyl/N-ethyl adjacent to an activating group) is 1. The molecule has 110 valence electrons. The highest BCUT2D eigenvalue weighted by atomic mass is 16.2. The molecule has 1 amide bonds. The summed E-state index contributed by atoms with van der Waals surface area (Å²) in [6, 6.07) is 5.96. The van der Waals surface area contributed by atoms with Gasteiger partial charge in [0.15, 0.2) is 0 Å². The van der Waals surface area contributed by atoms with E-state index in [1.54, 1.807) is 0 Å². The molecule has 0 bridgehead atoms. The molecule has 1 unspecified atom stereocenters. The Morgan fingerprint density at radius 3 is 2.80 bits per heavy atom. The molecule has 0 aliphatic carbocycles. The van der Waals surface area contributed by atoms with Crippen molar-refractivity contribution in [2.24, 2.45) is 0 Å². The highest BCUT2D eigenvalue weighted by Gasteiger charge is 2.27. The van der Waals surface area contributed by atoms with Crippen LogP contribution in [0.1, 0.15) is 35.7 Å². The maximum absolute atomic E-state index is 12.8. The molecule has 1 heterocycles. The predicted octanol–water partition coefficient (Wildman–Crippen LogP) is 2.13. The Labute approximate surface area is 121 Å². The van der Waals surface area contributed by atoms with Crippen molar-refractivity contribution in [1.29, 1.82) is 0 Å². The Kier molecular flexibility index (Phi) is 4.65. The molecular weight excluding hydrogens is 250 g/mol. The average Bonchev–Trinajstić information content (AvgIpc) is 2.59. The zero-order valence-corrected chi connectivity index (χ0v) is 12.7. The first kappa shape index (κ1) is 14.9. The van der Waals surface area contributed by atoms with Crippen molar-refractivity contribution in [3.8, 4) is 0 Å². The third-order valence-electron chi connectivity index (χ3n) is 4.07. The molecular formula is C16H25N3O. The molecule has 1 aromatic carbocycles. The molecule has 2 N–H and O–H groups in total. The SMILES string of the molecule is CCC1CN(C)CCCN1C(=O)c1ccc(C)cc1N. The van der Waals surface area contributed by atoms with Crippen LogP contribution in [0, 0.1) is 6.92 Å². The van der Waals surface area contributed by atoms with Crippen molar-refractivity contribution in [3.63, 3.8) is 0 Å². The standard InChI is InChI=1S/C16H25N3O/c1-4-13-11-18(3)8-5-9-19(13)16(20)14-7-6-12(2)10-15(14)17/h6-7,10,13H,4-5,8-9,11,17H2,1-3H3. The van der Waals surface area contributed by atoms with Crippen LogP contribution in [0.15, 0.2) is 18.2 Å². The van der Waals surface area contributed by atoms with E-state index in [1.165, 1.54) is 0 Å². The molecule has 1 saturated heterocycles. The number of hydrogen-bond donors (Lipinski definition) is 1. The maximum atomic E-state index is 12.8. The van der Waals surface area contributed by atoms with Gasteiger partial charge in [-0.05, 0) is 51.1 Å². The van der Waals surface area contributed by atoms with Gasteiger partial charge >= 0.3 is 0 Å². The summed E-state index contributed by atoms with van der Waals surface area (Å²) < 4.78 is 0. The monoisotopic (exact) mass is 275 g/mol. The molecule has 0 spiro atoms. The average molecular weight is 275 g/mol. The van der Waals surface area contributed by atoms with Crippen LogP contribution in [-0.4, -0.2) is 48.4 Å². The lowest BCUT2D eigenvalue weighted by Crippen LogP contribution is -2.43. The van der Waals surface area contributed by atoms with Crippen molar-refractivity contribution in [2.45, 2.75) is 32.7 Å². The number of nitrogen functional groups attached to an aromatic ring is 1. The number of nitrogens with two attached hydrogens (primary N) is 1. The molecule has 1 atom stereocenters. The fraction of sp³-hybridized carbons (Fsp3) is 0.562. The smallest absolute Gasteiger partial charge is 0.256 e. The quantitative estimate of drug-likeness (QED) is 0.841. The molecule has 2 rings (SSSR count). The topological polar surface area (TPSA) is 49.6 Å². The number of benzene rings is 1. The molecule has 1 fully saturated rings. The van der Waals surface area contributed by atoms with Gasteiger partial charge in [-0.1, -0.05) is 13.0 Å². The second-order valence-electron chi connectivity index (χ2n) is 5.77. The highest BCUT2D eigenvalue weighted by molar-refractivity contribution is 5.99. The first-order valence-electron chi connectivity index (χ1n) is 7.38. The molecule has 1 aromatic rings. The van der Waals surface area contributed by atoms with Crippen molar-refractivity contribution >= 4 is 11.6 Å². The van der Waals surface area contributed by atoms with E-state index in [0.717, 1.165) is 38.0 Å². The zero-order chi connectivity index (χ0) is 14.7. The lowest BCUT2D eigenvalue weighted by atomic mass is 10.1. The van der Waals surface area contributed by atoms with E-state index in [-0.39, 0.29) is 11.9 Å². The van der Waals surface area contributed by atoms with Crippen LogP contribution in [-0.2, 0) is 0 Å². The van der Waals surface area contributed by atoms with E-state index in [0.29, 0.717) is 11.3 Å². The molecule has 1 aliphatic heterocycles. The molecule has 20 heavy (non-hydrogen) atoms. The third kappa shape index (κ3) is 3.12.